The molecule has 1 aromatic carbocycles. The molecule has 0 aromatic heterocycles. The summed E-state index contributed by atoms with van der Waals surface area (Å²) in [6.45, 7) is 0. The fraction of sp³-hybridized carbons (Fsp3) is 0.200. The van der Waals surface area contributed by atoms with Crippen molar-refractivity contribution in [1.29, 1.82) is 0 Å². The van der Waals surface area contributed by atoms with Crippen molar-refractivity contribution in [2.24, 2.45) is 5.10 Å². The maximum Gasteiger partial charge on any atom is 0.427 e. The minimum absolute atomic E-state index is 0.577. The van der Waals surface area contributed by atoms with Gasteiger partial charge in [0.25, 0.3) is 0 Å². The van der Waals surface area contributed by atoms with E-state index in [2.05, 4.69) is 15.3 Å². The van der Waals surface area contributed by atoms with Crippen molar-refractivity contribution in [3.05, 3.63) is 29.8 Å². The molecule has 0 saturated heterocycles. The van der Waals surface area contributed by atoms with E-state index < -0.39 is 6.09 Å². The summed E-state index contributed by atoms with van der Waals surface area (Å²) in [5, 5.41) is 3.71. The van der Waals surface area contributed by atoms with Crippen LogP contribution in [-0.2, 0) is 4.74 Å². The second-order valence-corrected chi connectivity index (χ2v) is 3.51. The number of amides is 1. The molecule has 1 rings (SSSR count). The van der Waals surface area contributed by atoms with Gasteiger partial charge in [-0.25, -0.2) is 10.2 Å². The number of methoxy groups -OCH3 is 1. The first-order valence-corrected chi connectivity index (χ1v) is 5.50. The van der Waals surface area contributed by atoms with Crippen molar-refractivity contribution in [2.45, 2.75) is 4.90 Å². The molecule has 0 heterocycles. The number of nitrogens with one attached hydrogen (secondary N) is 1. The van der Waals surface area contributed by atoms with Gasteiger partial charge >= 0.3 is 6.09 Å². The summed E-state index contributed by atoms with van der Waals surface area (Å²) in [5.74, 6) is 0. The van der Waals surface area contributed by atoms with Crippen LogP contribution in [0.15, 0.2) is 34.3 Å². The lowest BCUT2D eigenvalue weighted by Crippen LogP contribution is -2.16. The Morgan fingerprint density at radius 1 is 1.47 bits per heavy atom. The molecular weight excluding hydrogens is 212 g/mol. The zero-order valence-electron chi connectivity index (χ0n) is 8.56. The van der Waals surface area contributed by atoms with Crippen molar-refractivity contribution in [3.63, 3.8) is 0 Å². The minimum atomic E-state index is -0.577. The maximum absolute atomic E-state index is 10.7. The number of thioether (sulfide) groups is 1. The normalized spacial score (nSPS) is 10.3. The van der Waals surface area contributed by atoms with Crippen molar-refractivity contribution in [3.8, 4) is 0 Å². The Labute approximate surface area is 92.7 Å². The third-order valence-corrected chi connectivity index (χ3v) is 2.41. The van der Waals surface area contributed by atoms with Gasteiger partial charge in [0.1, 0.15) is 0 Å². The fourth-order valence-corrected chi connectivity index (χ4v) is 1.30. The van der Waals surface area contributed by atoms with Gasteiger partial charge in [-0.3, -0.25) is 0 Å². The molecule has 0 aliphatic carbocycles. The van der Waals surface area contributed by atoms with Crippen molar-refractivity contribution in [1.82, 2.24) is 5.43 Å². The molecule has 0 radical (unpaired) electrons. The van der Waals surface area contributed by atoms with Crippen LogP contribution in [0.25, 0.3) is 0 Å². The molecule has 1 amide bonds. The Bertz CT molecular complexity index is 349. The monoisotopic (exact) mass is 224 g/mol. The van der Waals surface area contributed by atoms with Gasteiger partial charge in [-0.1, -0.05) is 12.1 Å². The molecule has 1 N–H and O–H groups in total. The highest BCUT2D eigenvalue weighted by Crippen LogP contribution is 2.13. The van der Waals surface area contributed by atoms with Crippen LogP contribution in [0.2, 0.25) is 0 Å². The number of nitrogens with zero attached hydrogens (tertiary/aromatic N) is 1. The van der Waals surface area contributed by atoms with Crippen LogP contribution in [0.1, 0.15) is 5.56 Å². The van der Waals surface area contributed by atoms with E-state index in [9.17, 15) is 4.79 Å². The summed E-state index contributed by atoms with van der Waals surface area (Å²) in [4.78, 5) is 11.8. The molecule has 0 bridgehead atoms. The number of carbonyl (C=O) groups excluding carboxylic acids is 1. The second-order valence-electron chi connectivity index (χ2n) is 2.63. The lowest BCUT2D eigenvalue weighted by atomic mass is 10.2. The number of hydrazone groups is 1. The number of hydrogen-bond acceptors (Lipinski definition) is 4. The SMILES string of the molecule is COC(=O)N/N=C/c1ccc(SC)cc1. The minimum Gasteiger partial charge on any atom is -0.452 e. The summed E-state index contributed by atoms with van der Waals surface area (Å²) in [7, 11) is 1.29. The van der Waals surface area contributed by atoms with Crippen LogP contribution in [0.3, 0.4) is 0 Å². The third-order valence-electron chi connectivity index (χ3n) is 1.67. The Morgan fingerprint density at radius 3 is 2.67 bits per heavy atom. The van der Waals surface area contributed by atoms with Crippen LogP contribution < -0.4 is 5.43 Å². The van der Waals surface area contributed by atoms with E-state index in [1.807, 2.05) is 30.5 Å². The Balaban J connectivity index is 2.53. The zero-order valence-corrected chi connectivity index (χ0v) is 9.38. The van der Waals surface area contributed by atoms with Gasteiger partial charge < -0.3 is 4.74 Å². The number of benzene rings is 1. The summed E-state index contributed by atoms with van der Waals surface area (Å²) in [5.41, 5.74) is 3.13. The molecule has 0 fully saturated rings. The third kappa shape index (κ3) is 4.03. The highest BCUT2D eigenvalue weighted by atomic mass is 32.2. The molecular formula is C10H12N2O2S. The largest absolute Gasteiger partial charge is 0.452 e. The molecule has 5 heteroatoms. The molecule has 80 valence electrons. The smallest absolute Gasteiger partial charge is 0.427 e. The van der Waals surface area contributed by atoms with Crippen LogP contribution in [0.5, 0.6) is 0 Å². The lowest BCUT2D eigenvalue weighted by Gasteiger charge is -1.97. The predicted octanol–water partition coefficient (Wildman–Crippen LogP) is 2.10. The number of carbonyl (C=O) groups is 1. The van der Waals surface area contributed by atoms with Gasteiger partial charge in [0.2, 0.25) is 0 Å². The first-order valence-electron chi connectivity index (χ1n) is 4.27. The number of rotatable bonds is 3. The zero-order chi connectivity index (χ0) is 11.1. The second kappa shape index (κ2) is 6.08. The predicted molar refractivity (Wildman–Crippen MR) is 61.4 cm³/mol. The fourth-order valence-electron chi connectivity index (χ4n) is 0.895. The van der Waals surface area contributed by atoms with E-state index in [0.717, 1.165) is 5.56 Å². The summed E-state index contributed by atoms with van der Waals surface area (Å²) in [6, 6.07) is 7.83. The van der Waals surface area contributed by atoms with Gasteiger partial charge in [-0.05, 0) is 24.0 Å². The van der Waals surface area contributed by atoms with E-state index >= 15 is 0 Å². The Morgan fingerprint density at radius 2 is 2.13 bits per heavy atom. The first kappa shape index (κ1) is 11.6. The van der Waals surface area contributed by atoms with Crippen LogP contribution in [0, 0.1) is 0 Å². The first-order chi connectivity index (χ1) is 7.26. The molecule has 0 aliphatic rings. The van der Waals surface area contributed by atoms with Gasteiger partial charge in [-0.2, -0.15) is 5.10 Å². The van der Waals surface area contributed by atoms with Gasteiger partial charge in [0.05, 0.1) is 13.3 Å². The highest BCUT2D eigenvalue weighted by Gasteiger charge is 1.93. The van der Waals surface area contributed by atoms with E-state index in [4.69, 9.17) is 0 Å². The number of hydrogen-bond donors (Lipinski definition) is 1. The summed E-state index contributed by atoms with van der Waals surface area (Å²) in [6.07, 6.45) is 3.00. The molecule has 1 aromatic rings. The molecule has 4 nitrogen and oxygen atoms in total. The molecule has 0 unspecified atom stereocenters. The van der Waals surface area contributed by atoms with E-state index in [1.54, 1.807) is 18.0 Å². The summed E-state index contributed by atoms with van der Waals surface area (Å²) >= 11 is 1.68. The van der Waals surface area contributed by atoms with E-state index in [1.165, 1.54) is 12.0 Å². The topological polar surface area (TPSA) is 50.7 Å². The van der Waals surface area contributed by atoms with Crippen molar-refractivity contribution in [2.75, 3.05) is 13.4 Å². The molecule has 0 atom stereocenters. The van der Waals surface area contributed by atoms with E-state index in [-0.39, 0.29) is 0 Å². The maximum atomic E-state index is 10.7. The average molecular weight is 224 g/mol. The van der Waals surface area contributed by atoms with Gasteiger partial charge in [-0.15, -0.1) is 11.8 Å². The molecule has 0 aliphatic heterocycles. The quantitative estimate of drug-likeness (QED) is 0.486. The Hall–Kier alpha value is -1.49. The lowest BCUT2D eigenvalue weighted by molar-refractivity contribution is 0.171. The van der Waals surface area contributed by atoms with Gasteiger partial charge in [0, 0.05) is 4.90 Å². The van der Waals surface area contributed by atoms with Gasteiger partial charge in [0.15, 0.2) is 0 Å². The summed E-state index contributed by atoms with van der Waals surface area (Å²) < 4.78 is 4.36. The standard InChI is InChI=1S/C10H12N2O2S/c1-14-10(13)12-11-7-8-3-5-9(15-2)6-4-8/h3-7H,1-2H3,(H,12,13)/b11-7+. The molecule has 0 saturated carbocycles. The van der Waals surface area contributed by atoms with Crippen LogP contribution in [0.4, 0.5) is 4.79 Å². The van der Waals surface area contributed by atoms with Crippen molar-refractivity contribution >= 4 is 24.1 Å². The highest BCUT2D eigenvalue weighted by molar-refractivity contribution is 7.98. The van der Waals surface area contributed by atoms with Crippen LogP contribution in [-0.4, -0.2) is 25.7 Å². The Kier molecular flexibility index (Phi) is 4.70. The average Bonchev–Trinajstić information content (AvgIpc) is 2.29. The molecule has 15 heavy (non-hydrogen) atoms. The molecule has 0 spiro atoms. The van der Waals surface area contributed by atoms with E-state index in [0.29, 0.717) is 0 Å². The van der Waals surface area contributed by atoms with Crippen LogP contribution >= 0.6 is 11.8 Å². The number of ether oxygens (including phenoxy) is 1. The van der Waals surface area contributed by atoms with Crippen molar-refractivity contribution < 1.29 is 9.53 Å².